The molecule has 1 aromatic rings. The molecule has 15 heavy (non-hydrogen) atoms. The first-order valence-corrected chi connectivity index (χ1v) is 4.53. The fraction of sp³-hybridized carbons (Fsp3) is 0.364. The molecule has 1 aromatic carbocycles. The highest BCUT2D eigenvalue weighted by Gasteiger charge is 2.35. The Morgan fingerprint density at radius 1 is 1.33 bits per heavy atom. The molecular weight excluding hydrogens is 202 g/mol. The van der Waals surface area contributed by atoms with Gasteiger partial charge in [0.25, 0.3) is 0 Å². The summed E-state index contributed by atoms with van der Waals surface area (Å²) in [4.78, 5) is 10.5. The molecule has 0 atom stereocenters. The topological polar surface area (TPSA) is 26.3 Å². The zero-order valence-corrected chi connectivity index (χ0v) is 8.37. The quantitative estimate of drug-likeness (QED) is 0.752. The summed E-state index contributed by atoms with van der Waals surface area (Å²) in [7, 11) is 0. The highest BCUT2D eigenvalue weighted by atomic mass is 19.3. The van der Waals surface area contributed by atoms with Gasteiger partial charge in [-0.3, -0.25) is 4.79 Å². The van der Waals surface area contributed by atoms with E-state index in [4.69, 9.17) is 4.74 Å². The van der Waals surface area contributed by atoms with Crippen LogP contribution in [0.15, 0.2) is 30.3 Å². The van der Waals surface area contributed by atoms with E-state index in [1.54, 1.807) is 24.3 Å². The van der Waals surface area contributed by atoms with Crippen LogP contribution in [0.4, 0.5) is 8.78 Å². The summed E-state index contributed by atoms with van der Waals surface area (Å²) >= 11 is 0. The fourth-order valence-electron chi connectivity index (χ4n) is 0.973. The summed E-state index contributed by atoms with van der Waals surface area (Å²) in [6, 6.07) is 8.95. The van der Waals surface area contributed by atoms with Crippen LogP contribution in [0.1, 0.15) is 12.5 Å². The third kappa shape index (κ3) is 3.75. The molecule has 0 aliphatic carbocycles. The highest BCUT2D eigenvalue weighted by molar-refractivity contribution is 5.83. The number of hydrogen-bond acceptors (Lipinski definition) is 2. The van der Waals surface area contributed by atoms with Gasteiger partial charge in [-0.1, -0.05) is 30.3 Å². The van der Waals surface area contributed by atoms with Crippen molar-refractivity contribution in [3.63, 3.8) is 0 Å². The van der Waals surface area contributed by atoms with E-state index in [9.17, 15) is 13.6 Å². The molecule has 0 fully saturated rings. The Hall–Kier alpha value is -1.29. The third-order valence-corrected chi connectivity index (χ3v) is 1.91. The molecule has 2 nitrogen and oxygen atoms in total. The first-order chi connectivity index (χ1) is 7.02. The van der Waals surface area contributed by atoms with Crippen LogP contribution in [0.3, 0.4) is 0 Å². The van der Waals surface area contributed by atoms with Gasteiger partial charge >= 0.3 is 5.92 Å². The molecule has 0 heterocycles. The molecule has 82 valence electrons. The Bertz CT molecular complexity index is 323. The van der Waals surface area contributed by atoms with Crippen molar-refractivity contribution in [3.8, 4) is 0 Å². The lowest BCUT2D eigenvalue weighted by Crippen LogP contribution is -2.31. The van der Waals surface area contributed by atoms with Crippen LogP contribution in [0.2, 0.25) is 0 Å². The SMILES string of the molecule is CC(=O)C(F)(F)COCc1ccccc1. The number of ether oxygens (including phenoxy) is 1. The van der Waals surface area contributed by atoms with Crippen molar-refractivity contribution in [1.29, 1.82) is 0 Å². The molecule has 0 saturated heterocycles. The van der Waals surface area contributed by atoms with Crippen LogP contribution in [-0.4, -0.2) is 18.3 Å². The zero-order chi connectivity index (χ0) is 11.3. The van der Waals surface area contributed by atoms with Gasteiger partial charge in [-0.05, 0) is 5.56 Å². The van der Waals surface area contributed by atoms with E-state index < -0.39 is 18.3 Å². The smallest absolute Gasteiger partial charge is 0.327 e. The number of benzene rings is 1. The Balaban J connectivity index is 2.37. The first kappa shape index (κ1) is 11.8. The Morgan fingerprint density at radius 3 is 2.47 bits per heavy atom. The van der Waals surface area contributed by atoms with Gasteiger partial charge in [-0.25, -0.2) is 0 Å². The lowest BCUT2D eigenvalue weighted by Gasteiger charge is -2.12. The number of rotatable bonds is 5. The minimum Gasteiger partial charge on any atom is -0.370 e. The number of halogens is 2. The highest BCUT2D eigenvalue weighted by Crippen LogP contribution is 2.15. The van der Waals surface area contributed by atoms with Gasteiger partial charge in [0, 0.05) is 6.92 Å². The normalized spacial score (nSPS) is 11.4. The van der Waals surface area contributed by atoms with Crippen molar-refractivity contribution in [2.24, 2.45) is 0 Å². The molecule has 0 aromatic heterocycles. The van der Waals surface area contributed by atoms with E-state index in [0.29, 0.717) is 0 Å². The average Bonchev–Trinajstić information content (AvgIpc) is 2.19. The molecule has 4 heteroatoms. The largest absolute Gasteiger partial charge is 0.370 e. The monoisotopic (exact) mass is 214 g/mol. The number of hydrogen-bond donors (Lipinski definition) is 0. The second kappa shape index (κ2) is 4.98. The van der Waals surface area contributed by atoms with E-state index in [-0.39, 0.29) is 6.61 Å². The Labute approximate surface area is 86.9 Å². The first-order valence-electron chi connectivity index (χ1n) is 4.53. The number of carbonyl (C=O) groups is 1. The van der Waals surface area contributed by atoms with Crippen LogP contribution in [0.5, 0.6) is 0 Å². The van der Waals surface area contributed by atoms with Crippen LogP contribution < -0.4 is 0 Å². The third-order valence-electron chi connectivity index (χ3n) is 1.91. The van der Waals surface area contributed by atoms with Gasteiger partial charge in [-0.15, -0.1) is 0 Å². The summed E-state index contributed by atoms with van der Waals surface area (Å²) < 4.78 is 30.3. The summed E-state index contributed by atoms with van der Waals surface area (Å²) in [5, 5.41) is 0. The van der Waals surface area contributed by atoms with E-state index in [1.165, 1.54) is 0 Å². The van der Waals surface area contributed by atoms with Crippen molar-refractivity contribution in [1.82, 2.24) is 0 Å². The molecule has 0 unspecified atom stereocenters. The van der Waals surface area contributed by atoms with Gasteiger partial charge in [0.1, 0.15) is 6.61 Å². The maximum absolute atomic E-state index is 12.8. The van der Waals surface area contributed by atoms with E-state index in [1.807, 2.05) is 6.07 Å². The molecule has 0 radical (unpaired) electrons. The van der Waals surface area contributed by atoms with Crippen molar-refractivity contribution in [2.45, 2.75) is 19.5 Å². The predicted molar refractivity (Wildman–Crippen MR) is 51.7 cm³/mol. The van der Waals surface area contributed by atoms with Gasteiger partial charge in [0.05, 0.1) is 6.61 Å². The molecular formula is C11H12F2O2. The molecule has 0 saturated carbocycles. The summed E-state index contributed by atoms with van der Waals surface area (Å²) in [5.41, 5.74) is 0.803. The van der Waals surface area contributed by atoms with Crippen LogP contribution in [0.25, 0.3) is 0 Å². The van der Waals surface area contributed by atoms with Crippen LogP contribution in [0, 0.1) is 0 Å². The van der Waals surface area contributed by atoms with Crippen molar-refractivity contribution in [3.05, 3.63) is 35.9 Å². The van der Waals surface area contributed by atoms with Gasteiger partial charge in [-0.2, -0.15) is 8.78 Å². The van der Waals surface area contributed by atoms with E-state index in [2.05, 4.69) is 0 Å². The fourth-order valence-corrected chi connectivity index (χ4v) is 0.973. The zero-order valence-electron chi connectivity index (χ0n) is 8.37. The van der Waals surface area contributed by atoms with Gasteiger partial charge in [0.2, 0.25) is 5.78 Å². The molecule has 0 amide bonds. The average molecular weight is 214 g/mol. The van der Waals surface area contributed by atoms with E-state index >= 15 is 0 Å². The second-order valence-electron chi connectivity index (χ2n) is 3.24. The molecule has 0 spiro atoms. The van der Waals surface area contributed by atoms with Gasteiger partial charge < -0.3 is 4.74 Å². The number of alkyl halides is 2. The molecule has 0 aliphatic rings. The standard InChI is InChI=1S/C11H12F2O2/c1-9(14)11(12,13)8-15-7-10-5-3-2-4-6-10/h2-6H,7-8H2,1H3. The minimum absolute atomic E-state index is 0.0870. The van der Waals surface area contributed by atoms with Crippen LogP contribution in [-0.2, 0) is 16.1 Å². The summed E-state index contributed by atoms with van der Waals surface area (Å²) in [6.07, 6.45) is 0. The maximum Gasteiger partial charge on any atom is 0.327 e. The van der Waals surface area contributed by atoms with E-state index in [0.717, 1.165) is 12.5 Å². The van der Waals surface area contributed by atoms with Crippen molar-refractivity contribution >= 4 is 5.78 Å². The minimum atomic E-state index is -3.38. The second-order valence-corrected chi connectivity index (χ2v) is 3.24. The van der Waals surface area contributed by atoms with Crippen molar-refractivity contribution < 1.29 is 18.3 Å². The lowest BCUT2D eigenvalue weighted by molar-refractivity contribution is -0.150. The molecule has 1 rings (SSSR count). The maximum atomic E-state index is 12.8. The summed E-state index contributed by atoms with van der Waals surface area (Å²) in [5.74, 6) is -4.55. The lowest BCUT2D eigenvalue weighted by atomic mass is 10.2. The molecule has 0 bridgehead atoms. The molecule has 0 aliphatic heterocycles. The number of Topliss-reactive ketones (excluding diaryl/α,β-unsaturated/α-hetero) is 1. The Kier molecular flexibility index (Phi) is 3.91. The molecule has 0 N–H and O–H groups in total. The Morgan fingerprint density at radius 2 is 1.93 bits per heavy atom. The predicted octanol–water partition coefficient (Wildman–Crippen LogP) is 2.43. The number of ketones is 1. The summed E-state index contributed by atoms with van der Waals surface area (Å²) in [6.45, 7) is 0.0762. The van der Waals surface area contributed by atoms with Crippen molar-refractivity contribution in [2.75, 3.05) is 6.61 Å². The number of carbonyl (C=O) groups excluding carboxylic acids is 1. The van der Waals surface area contributed by atoms with Crippen LogP contribution >= 0.6 is 0 Å². The van der Waals surface area contributed by atoms with Gasteiger partial charge in [0.15, 0.2) is 0 Å².